The van der Waals surface area contributed by atoms with Crippen LogP contribution in [0.3, 0.4) is 0 Å². The highest BCUT2D eigenvalue weighted by molar-refractivity contribution is 6.48. The van der Waals surface area contributed by atoms with E-state index in [1.54, 1.807) is 19.1 Å². The van der Waals surface area contributed by atoms with Gasteiger partial charge in [-0.1, -0.05) is 43.2 Å². The highest BCUT2D eigenvalue weighted by atomic mass is 16.2. The number of aryl methyl sites for hydroxylation is 1. The van der Waals surface area contributed by atoms with Crippen molar-refractivity contribution in [3.63, 3.8) is 0 Å². The summed E-state index contributed by atoms with van der Waals surface area (Å²) in [4.78, 5) is 31.0. The summed E-state index contributed by atoms with van der Waals surface area (Å²) in [5.41, 5.74) is 4.13. The molecular weight excluding hydrogens is 426 g/mol. The molecule has 0 unspecified atom stereocenters. The number of anilines is 2. The van der Waals surface area contributed by atoms with Gasteiger partial charge in [-0.3, -0.25) is 9.59 Å². The van der Waals surface area contributed by atoms with E-state index in [-0.39, 0.29) is 0 Å². The largest absolute Gasteiger partial charge is 0.358 e. The highest BCUT2D eigenvalue weighted by Crippen LogP contribution is 2.24. The molecule has 0 bridgehead atoms. The average molecular weight is 454 g/mol. The minimum Gasteiger partial charge on any atom is -0.358 e. The first-order valence-electron chi connectivity index (χ1n) is 11.7. The van der Waals surface area contributed by atoms with Crippen molar-refractivity contribution in [3.05, 3.63) is 71.9 Å². The summed E-state index contributed by atoms with van der Waals surface area (Å²) in [5.74, 6) is -0.309. The van der Waals surface area contributed by atoms with Crippen LogP contribution in [0.25, 0.3) is 22.2 Å². The van der Waals surface area contributed by atoms with Crippen LogP contribution in [0, 0.1) is 6.92 Å². The number of nitrogens with one attached hydrogen (secondary N) is 2. The lowest BCUT2D eigenvalue weighted by Gasteiger charge is -2.20. The van der Waals surface area contributed by atoms with E-state index in [0.29, 0.717) is 16.9 Å². The zero-order valence-electron chi connectivity index (χ0n) is 19.2. The summed E-state index contributed by atoms with van der Waals surface area (Å²) >= 11 is 0. The number of ketones is 1. The smallest absolute Gasteiger partial charge is 0.296 e. The zero-order valence-corrected chi connectivity index (χ0v) is 19.2. The Hall–Kier alpha value is -4.00. The van der Waals surface area contributed by atoms with Crippen molar-refractivity contribution in [2.75, 3.05) is 23.3 Å². The number of Topliss-reactive ketones (excluding diaryl/α,β-unsaturated/α-hetero) is 1. The van der Waals surface area contributed by atoms with Gasteiger partial charge in [-0.25, -0.2) is 0 Å². The highest BCUT2D eigenvalue weighted by Gasteiger charge is 2.22. The SMILES string of the molecule is Cc1[nH]c2ccccc2c1C(=O)C(=O)Nc1ccc(-c2ccc(N3CCCCCC3)nn2)cc1. The molecule has 0 spiro atoms. The molecule has 1 aliphatic heterocycles. The number of nitrogens with zero attached hydrogens (tertiary/aromatic N) is 3. The molecule has 0 radical (unpaired) electrons. The molecule has 1 aliphatic rings. The van der Waals surface area contributed by atoms with Gasteiger partial charge in [0.1, 0.15) is 0 Å². The number of aromatic nitrogens is 3. The third kappa shape index (κ3) is 4.41. The molecule has 2 aromatic carbocycles. The molecule has 4 aromatic rings. The number of hydrogen-bond donors (Lipinski definition) is 2. The van der Waals surface area contributed by atoms with Crippen LogP contribution < -0.4 is 10.2 Å². The molecular formula is C27H27N5O2. The van der Waals surface area contributed by atoms with Crippen molar-refractivity contribution < 1.29 is 9.59 Å². The minimum atomic E-state index is -0.665. The number of benzene rings is 2. The number of rotatable bonds is 5. The van der Waals surface area contributed by atoms with E-state index in [9.17, 15) is 9.59 Å². The van der Waals surface area contributed by atoms with Crippen LogP contribution in [-0.4, -0.2) is 40.0 Å². The second-order valence-corrected chi connectivity index (χ2v) is 8.71. The molecule has 2 aromatic heterocycles. The Balaban J connectivity index is 1.27. The van der Waals surface area contributed by atoms with Crippen molar-refractivity contribution in [2.24, 2.45) is 0 Å². The molecule has 0 aliphatic carbocycles. The number of H-pyrrole nitrogens is 1. The van der Waals surface area contributed by atoms with Crippen molar-refractivity contribution in [1.82, 2.24) is 15.2 Å². The Bertz CT molecular complexity index is 1320. The number of carbonyl (C=O) groups excluding carboxylic acids is 2. The maximum absolute atomic E-state index is 12.9. The molecule has 2 N–H and O–H groups in total. The van der Waals surface area contributed by atoms with Crippen LogP contribution in [0.1, 0.15) is 41.7 Å². The van der Waals surface area contributed by atoms with Crippen LogP contribution in [-0.2, 0) is 4.79 Å². The second kappa shape index (κ2) is 9.47. The van der Waals surface area contributed by atoms with E-state index < -0.39 is 11.7 Å². The van der Waals surface area contributed by atoms with E-state index in [1.165, 1.54) is 25.7 Å². The van der Waals surface area contributed by atoms with Gasteiger partial charge in [-0.05, 0) is 50.1 Å². The summed E-state index contributed by atoms with van der Waals surface area (Å²) in [6.07, 6.45) is 4.94. The van der Waals surface area contributed by atoms with Gasteiger partial charge in [0.25, 0.3) is 11.7 Å². The second-order valence-electron chi connectivity index (χ2n) is 8.71. The van der Waals surface area contributed by atoms with E-state index in [4.69, 9.17) is 0 Å². The minimum absolute atomic E-state index is 0.407. The van der Waals surface area contributed by atoms with Crippen molar-refractivity contribution in [2.45, 2.75) is 32.6 Å². The molecule has 0 saturated carbocycles. The van der Waals surface area contributed by atoms with Gasteiger partial charge in [-0.2, -0.15) is 0 Å². The number of amides is 1. The lowest BCUT2D eigenvalue weighted by Crippen LogP contribution is -2.25. The third-order valence-corrected chi connectivity index (χ3v) is 6.35. The maximum Gasteiger partial charge on any atom is 0.296 e. The Morgan fingerprint density at radius 3 is 2.32 bits per heavy atom. The first-order chi connectivity index (χ1) is 16.6. The van der Waals surface area contributed by atoms with Gasteiger partial charge >= 0.3 is 0 Å². The summed E-state index contributed by atoms with van der Waals surface area (Å²) in [6.45, 7) is 3.85. The zero-order chi connectivity index (χ0) is 23.5. The molecule has 7 nitrogen and oxygen atoms in total. The topological polar surface area (TPSA) is 91.0 Å². The van der Waals surface area contributed by atoms with E-state index >= 15 is 0 Å². The Morgan fingerprint density at radius 1 is 0.882 bits per heavy atom. The van der Waals surface area contributed by atoms with Crippen molar-refractivity contribution in [1.29, 1.82) is 0 Å². The van der Waals surface area contributed by atoms with Gasteiger partial charge in [0.15, 0.2) is 5.82 Å². The van der Waals surface area contributed by atoms with E-state index in [2.05, 4.69) is 25.4 Å². The summed E-state index contributed by atoms with van der Waals surface area (Å²) < 4.78 is 0. The Labute approximate surface area is 198 Å². The lowest BCUT2D eigenvalue weighted by molar-refractivity contribution is -0.112. The van der Waals surface area contributed by atoms with Gasteiger partial charge in [0, 0.05) is 40.9 Å². The van der Waals surface area contributed by atoms with E-state index in [1.807, 2.05) is 48.5 Å². The maximum atomic E-state index is 12.9. The van der Waals surface area contributed by atoms with Crippen LogP contribution in [0.5, 0.6) is 0 Å². The molecule has 0 atom stereocenters. The van der Waals surface area contributed by atoms with Gasteiger partial charge in [-0.15, -0.1) is 10.2 Å². The summed E-state index contributed by atoms with van der Waals surface area (Å²) in [5, 5.41) is 12.3. The molecule has 172 valence electrons. The van der Waals surface area contributed by atoms with Crippen LogP contribution in [0.4, 0.5) is 11.5 Å². The average Bonchev–Trinajstić information content (AvgIpc) is 3.01. The van der Waals surface area contributed by atoms with Gasteiger partial charge < -0.3 is 15.2 Å². The summed E-state index contributed by atoms with van der Waals surface area (Å²) in [6, 6.07) is 18.7. The van der Waals surface area contributed by atoms with E-state index in [0.717, 1.165) is 41.1 Å². The molecule has 1 amide bonds. The fourth-order valence-corrected chi connectivity index (χ4v) is 4.54. The fraction of sp³-hybridized carbons (Fsp3) is 0.259. The molecule has 34 heavy (non-hydrogen) atoms. The molecule has 7 heteroatoms. The third-order valence-electron chi connectivity index (χ3n) is 6.35. The quantitative estimate of drug-likeness (QED) is 0.323. The first kappa shape index (κ1) is 21.8. The predicted molar refractivity (Wildman–Crippen MR) is 134 cm³/mol. The normalized spacial score (nSPS) is 14.1. The fourth-order valence-electron chi connectivity index (χ4n) is 4.54. The van der Waals surface area contributed by atoms with Crippen LogP contribution in [0.2, 0.25) is 0 Å². The van der Waals surface area contributed by atoms with Crippen molar-refractivity contribution >= 4 is 34.1 Å². The standard InChI is InChI=1S/C27H27N5O2/c1-18-25(21-8-4-5-9-23(21)28-18)26(33)27(34)29-20-12-10-19(11-13-20)22-14-15-24(31-30-22)32-16-6-2-3-7-17-32/h4-5,8-15,28H,2-3,6-7,16-17H2,1H3,(H,29,34). The lowest BCUT2D eigenvalue weighted by atomic mass is 10.1. The molecule has 1 saturated heterocycles. The first-order valence-corrected chi connectivity index (χ1v) is 11.7. The Kier molecular flexibility index (Phi) is 6.08. The number of fused-ring (bicyclic) bond motifs is 1. The molecule has 1 fully saturated rings. The Morgan fingerprint density at radius 2 is 1.62 bits per heavy atom. The van der Waals surface area contributed by atoms with Crippen molar-refractivity contribution in [3.8, 4) is 11.3 Å². The van der Waals surface area contributed by atoms with Gasteiger partial charge in [0.2, 0.25) is 0 Å². The number of carbonyl (C=O) groups is 2. The predicted octanol–water partition coefficient (Wildman–Crippen LogP) is 5.14. The number of para-hydroxylation sites is 1. The van der Waals surface area contributed by atoms with Crippen LogP contribution >= 0.6 is 0 Å². The summed E-state index contributed by atoms with van der Waals surface area (Å²) in [7, 11) is 0. The molecule has 3 heterocycles. The number of hydrogen-bond acceptors (Lipinski definition) is 5. The van der Waals surface area contributed by atoms with Crippen LogP contribution in [0.15, 0.2) is 60.7 Å². The monoisotopic (exact) mass is 453 g/mol. The number of aromatic amines is 1. The molecule has 5 rings (SSSR count). The van der Waals surface area contributed by atoms with Gasteiger partial charge in [0.05, 0.1) is 11.3 Å².